The molecule has 0 aliphatic rings. The Kier molecular flexibility index (Phi) is 5.02. The van der Waals surface area contributed by atoms with Crippen molar-refractivity contribution in [1.29, 1.82) is 5.26 Å². The highest BCUT2D eigenvalue weighted by molar-refractivity contribution is 5.84. The summed E-state index contributed by atoms with van der Waals surface area (Å²) < 4.78 is 4.97. The molecule has 0 aliphatic carbocycles. The van der Waals surface area contributed by atoms with Crippen LogP contribution in [-0.4, -0.2) is 12.2 Å². The fraction of sp³-hybridized carbons (Fsp3) is 0.429. The summed E-state index contributed by atoms with van der Waals surface area (Å²) in [7, 11) is 0. The van der Waals surface area contributed by atoms with E-state index in [9.17, 15) is 4.79 Å². The molecule has 4 nitrogen and oxygen atoms in total. The summed E-state index contributed by atoms with van der Waals surface area (Å²) in [6.07, 6.45) is -0.261. The second kappa shape index (κ2) is 6.51. The molecule has 0 aliphatic heterocycles. The van der Waals surface area contributed by atoms with Gasteiger partial charge in [-0.3, -0.25) is 5.32 Å². The predicted molar refractivity (Wildman–Crippen MR) is 68.0 cm³/mol. The van der Waals surface area contributed by atoms with Gasteiger partial charge in [0.05, 0.1) is 17.9 Å². The Morgan fingerprint density at radius 3 is 2.89 bits per heavy atom. The zero-order valence-electron chi connectivity index (χ0n) is 10.8. The third-order valence-electron chi connectivity index (χ3n) is 2.30. The molecular weight excluding hydrogens is 228 g/mol. The number of hydrogen-bond donors (Lipinski definition) is 1. The van der Waals surface area contributed by atoms with Gasteiger partial charge in [-0.2, -0.15) is 5.26 Å². The van der Waals surface area contributed by atoms with Gasteiger partial charge in [-0.1, -0.05) is 13.0 Å². The van der Waals surface area contributed by atoms with Crippen LogP contribution in [0.5, 0.6) is 0 Å². The van der Waals surface area contributed by atoms with Crippen molar-refractivity contribution in [2.75, 3.05) is 5.32 Å². The van der Waals surface area contributed by atoms with Gasteiger partial charge in [0.25, 0.3) is 0 Å². The first-order valence-electron chi connectivity index (χ1n) is 5.80. The summed E-state index contributed by atoms with van der Waals surface area (Å²) in [5.74, 6) is 0.0996. The predicted octanol–water partition coefficient (Wildman–Crippen LogP) is 3.26. The van der Waals surface area contributed by atoms with Crippen LogP contribution in [0.15, 0.2) is 12.1 Å². The van der Waals surface area contributed by atoms with E-state index in [0.29, 0.717) is 12.1 Å². The zero-order chi connectivity index (χ0) is 13.5. The minimum atomic E-state index is -0.514. The molecule has 0 bridgehead atoms. The maximum absolute atomic E-state index is 11.4. The van der Waals surface area contributed by atoms with E-state index in [2.05, 4.69) is 23.5 Å². The number of amides is 1. The molecule has 18 heavy (non-hydrogen) atoms. The van der Waals surface area contributed by atoms with Crippen molar-refractivity contribution >= 4 is 11.8 Å². The number of rotatable bonds is 4. The maximum Gasteiger partial charge on any atom is 0.412 e. The molecule has 1 amide bonds. The van der Waals surface area contributed by atoms with Crippen molar-refractivity contribution < 1.29 is 9.53 Å². The molecule has 0 radical (unpaired) electrons. The first-order chi connectivity index (χ1) is 8.52. The van der Waals surface area contributed by atoms with Crippen molar-refractivity contribution in [3.8, 4) is 6.07 Å². The van der Waals surface area contributed by atoms with E-state index >= 15 is 0 Å². The lowest BCUT2D eigenvalue weighted by atomic mass is 9.99. The molecule has 0 aromatic heterocycles. The van der Waals surface area contributed by atoms with Crippen molar-refractivity contribution in [3.63, 3.8) is 0 Å². The highest BCUT2D eigenvalue weighted by atomic mass is 16.6. The van der Waals surface area contributed by atoms with Crippen LogP contribution in [0.25, 0.3) is 0 Å². The normalized spacial score (nSPS) is 11.3. The number of nitrogens with zero attached hydrogens (tertiary/aromatic N) is 1. The van der Waals surface area contributed by atoms with Crippen molar-refractivity contribution in [3.05, 3.63) is 29.8 Å². The van der Waals surface area contributed by atoms with Gasteiger partial charge in [-0.05, 0) is 43.5 Å². The Bertz CT molecular complexity index is 449. The number of nitriles is 1. The summed E-state index contributed by atoms with van der Waals surface area (Å²) in [4.78, 5) is 11.4. The first kappa shape index (κ1) is 13.9. The molecule has 0 fully saturated rings. The van der Waals surface area contributed by atoms with E-state index < -0.39 is 6.09 Å². The fourth-order valence-corrected chi connectivity index (χ4v) is 1.40. The van der Waals surface area contributed by atoms with E-state index in [1.54, 1.807) is 26.0 Å². The summed E-state index contributed by atoms with van der Waals surface area (Å²) in [6.45, 7) is 5.50. The largest absolute Gasteiger partial charge is 0.447 e. The van der Waals surface area contributed by atoms with Crippen LogP contribution in [0.1, 0.15) is 38.7 Å². The van der Waals surface area contributed by atoms with Crippen molar-refractivity contribution in [2.45, 2.75) is 39.2 Å². The summed E-state index contributed by atoms with van der Waals surface area (Å²) in [6, 6.07) is 11.3. The van der Waals surface area contributed by atoms with Crippen molar-refractivity contribution in [2.24, 2.45) is 0 Å². The average Bonchev–Trinajstić information content (AvgIpc) is 2.28. The number of hydrogen-bond acceptors (Lipinski definition) is 3. The molecule has 1 rings (SSSR count). The SMILES string of the molecule is CC(C)OC(=O)Nc1c#ccc(C(C)CC#N)c1. The van der Waals surface area contributed by atoms with Gasteiger partial charge in [0, 0.05) is 6.42 Å². The molecule has 0 saturated heterocycles. The first-order valence-corrected chi connectivity index (χ1v) is 5.80. The molecule has 1 aromatic carbocycles. The Labute approximate surface area is 108 Å². The molecule has 0 spiro atoms. The van der Waals surface area contributed by atoms with Crippen LogP contribution in [0.3, 0.4) is 0 Å². The quantitative estimate of drug-likeness (QED) is 0.884. The second-order valence-electron chi connectivity index (χ2n) is 4.31. The van der Waals surface area contributed by atoms with Gasteiger partial charge < -0.3 is 4.74 Å². The van der Waals surface area contributed by atoms with E-state index in [-0.39, 0.29) is 12.0 Å². The lowest BCUT2D eigenvalue weighted by Gasteiger charge is -2.10. The number of nitrogens with one attached hydrogen (secondary N) is 1. The van der Waals surface area contributed by atoms with E-state index in [1.807, 2.05) is 6.92 Å². The standard InChI is InChI=1S/C14H16N2O2/c1-10(2)18-14(17)16-13-6-4-5-12(9-13)11(3)7-8-15/h5,9-11H,7H2,1-3H3,(H,16,17). The fourth-order valence-electron chi connectivity index (χ4n) is 1.40. The Morgan fingerprint density at radius 2 is 2.28 bits per heavy atom. The number of ether oxygens (including phenoxy) is 1. The lowest BCUT2D eigenvalue weighted by Crippen LogP contribution is -2.17. The van der Waals surface area contributed by atoms with Crippen LogP contribution in [-0.2, 0) is 4.74 Å². The smallest absolute Gasteiger partial charge is 0.412 e. The van der Waals surface area contributed by atoms with Gasteiger partial charge in [0.15, 0.2) is 0 Å². The molecule has 1 unspecified atom stereocenters. The average molecular weight is 244 g/mol. The topological polar surface area (TPSA) is 62.1 Å². The summed E-state index contributed by atoms with van der Waals surface area (Å²) >= 11 is 0. The summed E-state index contributed by atoms with van der Waals surface area (Å²) in [5.41, 5.74) is 1.44. The third kappa shape index (κ3) is 4.35. The molecule has 4 heteroatoms. The molecule has 94 valence electrons. The molecule has 1 aromatic rings. The van der Waals surface area contributed by atoms with Gasteiger partial charge in [0.1, 0.15) is 0 Å². The molecule has 0 saturated carbocycles. The third-order valence-corrected chi connectivity index (χ3v) is 2.30. The number of anilines is 1. The number of carbonyl (C=O) groups excluding carboxylic acids is 1. The van der Waals surface area contributed by atoms with E-state index in [4.69, 9.17) is 10.00 Å². The number of carbonyl (C=O) groups is 1. The van der Waals surface area contributed by atoms with Gasteiger partial charge in [-0.15, -0.1) is 0 Å². The molecular formula is C14H16N2O2. The lowest BCUT2D eigenvalue weighted by molar-refractivity contribution is 0.130. The van der Waals surface area contributed by atoms with Crippen LogP contribution >= 0.6 is 0 Å². The zero-order valence-corrected chi connectivity index (χ0v) is 10.8. The van der Waals surface area contributed by atoms with Crippen LogP contribution < -0.4 is 5.32 Å². The Balaban J connectivity index is 2.71. The monoisotopic (exact) mass is 244 g/mol. The molecule has 0 heterocycles. The second-order valence-corrected chi connectivity index (χ2v) is 4.31. The van der Waals surface area contributed by atoms with Gasteiger partial charge in [0.2, 0.25) is 0 Å². The Hall–Kier alpha value is -2.20. The highest BCUT2D eigenvalue weighted by Gasteiger charge is 2.08. The van der Waals surface area contributed by atoms with Crippen LogP contribution in [0, 0.1) is 23.5 Å². The maximum atomic E-state index is 11.4. The molecule has 1 N–H and O–H groups in total. The van der Waals surface area contributed by atoms with E-state index in [1.165, 1.54) is 0 Å². The molecule has 1 atom stereocenters. The highest BCUT2D eigenvalue weighted by Crippen LogP contribution is 2.19. The van der Waals surface area contributed by atoms with Crippen molar-refractivity contribution in [1.82, 2.24) is 0 Å². The minimum absolute atomic E-state index is 0.0996. The van der Waals surface area contributed by atoms with Gasteiger partial charge >= 0.3 is 6.09 Å². The van der Waals surface area contributed by atoms with E-state index in [0.717, 1.165) is 5.56 Å². The Morgan fingerprint density at radius 1 is 1.56 bits per heavy atom. The van der Waals surface area contributed by atoms with Gasteiger partial charge in [-0.25, -0.2) is 4.79 Å². The minimum Gasteiger partial charge on any atom is -0.447 e. The van der Waals surface area contributed by atoms with Crippen LogP contribution in [0.4, 0.5) is 10.5 Å². The summed E-state index contributed by atoms with van der Waals surface area (Å²) in [5, 5.41) is 11.2. The van der Waals surface area contributed by atoms with Crippen LogP contribution in [0.2, 0.25) is 0 Å².